The number of phenolic OH excluding ortho intramolecular Hbond substituents is 3. The second-order valence-electron chi connectivity index (χ2n) is 7.67. The van der Waals surface area contributed by atoms with E-state index in [1.165, 1.54) is 32.1 Å². The van der Waals surface area contributed by atoms with Gasteiger partial charge >= 0.3 is 0 Å². The summed E-state index contributed by atoms with van der Waals surface area (Å²) in [6.07, 6.45) is 9.35. The topological polar surface area (TPSA) is 111 Å². The standard InChI is InChI=1S/C24H28O6/c1-2-3-4-5-6-7-8-9-15-10-11-17-20(12-15)30-24(23(29)21(17)27)16-13-18(25)22(28)19(26)14-16/h10-14,25-26,28-29H,2-9H2,1H3. The lowest BCUT2D eigenvalue weighted by Crippen LogP contribution is -2.03. The number of benzene rings is 2. The Labute approximate surface area is 175 Å². The molecule has 0 saturated heterocycles. The molecular formula is C24H28O6. The Bertz CT molecular complexity index is 1060. The summed E-state index contributed by atoms with van der Waals surface area (Å²) in [6, 6.07) is 7.53. The molecule has 0 spiro atoms. The summed E-state index contributed by atoms with van der Waals surface area (Å²) >= 11 is 0. The van der Waals surface area contributed by atoms with Crippen LogP contribution in [0.4, 0.5) is 0 Å². The van der Waals surface area contributed by atoms with Gasteiger partial charge in [-0.1, -0.05) is 51.5 Å². The van der Waals surface area contributed by atoms with Crippen molar-refractivity contribution in [2.24, 2.45) is 0 Å². The van der Waals surface area contributed by atoms with Crippen LogP contribution in [0.3, 0.4) is 0 Å². The first-order chi connectivity index (χ1) is 14.4. The molecule has 3 aromatic rings. The van der Waals surface area contributed by atoms with Gasteiger partial charge in [0.1, 0.15) is 5.58 Å². The SMILES string of the molecule is CCCCCCCCCc1ccc2c(=O)c(O)c(-c3cc(O)c(O)c(O)c3)oc2c1. The fourth-order valence-corrected chi connectivity index (χ4v) is 3.60. The molecule has 160 valence electrons. The zero-order valence-electron chi connectivity index (χ0n) is 17.1. The predicted molar refractivity (Wildman–Crippen MR) is 116 cm³/mol. The molecule has 6 heteroatoms. The lowest BCUT2D eigenvalue weighted by Gasteiger charge is -2.09. The molecule has 0 aliphatic heterocycles. The smallest absolute Gasteiger partial charge is 0.235 e. The van der Waals surface area contributed by atoms with Gasteiger partial charge in [-0.15, -0.1) is 0 Å². The summed E-state index contributed by atoms with van der Waals surface area (Å²) < 4.78 is 5.77. The molecular weight excluding hydrogens is 384 g/mol. The third-order valence-corrected chi connectivity index (χ3v) is 5.33. The highest BCUT2D eigenvalue weighted by Crippen LogP contribution is 2.41. The molecule has 0 bridgehead atoms. The summed E-state index contributed by atoms with van der Waals surface area (Å²) in [4.78, 5) is 12.6. The molecule has 6 nitrogen and oxygen atoms in total. The number of unbranched alkanes of at least 4 members (excludes halogenated alkanes) is 6. The van der Waals surface area contributed by atoms with E-state index in [1.807, 2.05) is 6.07 Å². The van der Waals surface area contributed by atoms with Crippen molar-refractivity contribution >= 4 is 11.0 Å². The molecule has 0 aliphatic rings. The predicted octanol–water partition coefficient (Wildman–Crippen LogP) is 5.58. The average Bonchev–Trinajstić information content (AvgIpc) is 2.73. The van der Waals surface area contributed by atoms with Crippen molar-refractivity contribution in [1.82, 2.24) is 0 Å². The number of hydrogen-bond donors (Lipinski definition) is 4. The highest BCUT2D eigenvalue weighted by atomic mass is 16.4. The van der Waals surface area contributed by atoms with Gasteiger partial charge in [-0.05, 0) is 42.7 Å². The summed E-state index contributed by atoms with van der Waals surface area (Å²) in [7, 11) is 0. The van der Waals surface area contributed by atoms with E-state index in [4.69, 9.17) is 4.42 Å². The number of hydrogen-bond acceptors (Lipinski definition) is 6. The van der Waals surface area contributed by atoms with E-state index in [9.17, 15) is 25.2 Å². The van der Waals surface area contributed by atoms with Gasteiger partial charge in [0.15, 0.2) is 23.0 Å². The monoisotopic (exact) mass is 412 g/mol. The molecule has 0 fully saturated rings. The van der Waals surface area contributed by atoms with Crippen LogP contribution in [0, 0.1) is 0 Å². The number of phenols is 3. The third kappa shape index (κ3) is 4.70. The zero-order valence-corrected chi connectivity index (χ0v) is 17.1. The minimum absolute atomic E-state index is 0.0804. The van der Waals surface area contributed by atoms with Crippen molar-refractivity contribution in [3.05, 3.63) is 46.1 Å². The first-order valence-electron chi connectivity index (χ1n) is 10.5. The summed E-state index contributed by atoms with van der Waals surface area (Å²) in [5.74, 6) is -2.64. The molecule has 2 aromatic carbocycles. The molecule has 0 atom stereocenters. The van der Waals surface area contributed by atoms with Gasteiger partial charge in [-0.3, -0.25) is 4.79 Å². The van der Waals surface area contributed by atoms with Crippen LogP contribution in [0.5, 0.6) is 23.0 Å². The zero-order chi connectivity index (χ0) is 21.7. The minimum atomic E-state index is -0.682. The molecule has 0 radical (unpaired) electrons. The Hall–Kier alpha value is -3.15. The van der Waals surface area contributed by atoms with Gasteiger partial charge in [0.25, 0.3) is 0 Å². The third-order valence-electron chi connectivity index (χ3n) is 5.33. The Kier molecular flexibility index (Phi) is 6.87. The van der Waals surface area contributed by atoms with Gasteiger partial charge in [0, 0.05) is 5.56 Å². The normalized spacial score (nSPS) is 11.2. The molecule has 0 amide bonds. The van der Waals surface area contributed by atoms with E-state index >= 15 is 0 Å². The van der Waals surface area contributed by atoms with E-state index in [0.717, 1.165) is 37.0 Å². The van der Waals surface area contributed by atoms with Crippen molar-refractivity contribution in [2.75, 3.05) is 0 Å². The van der Waals surface area contributed by atoms with Crippen molar-refractivity contribution in [2.45, 2.75) is 58.3 Å². The van der Waals surface area contributed by atoms with E-state index in [2.05, 4.69) is 6.92 Å². The Morgan fingerprint density at radius 2 is 1.43 bits per heavy atom. The van der Waals surface area contributed by atoms with Crippen LogP contribution in [0.2, 0.25) is 0 Å². The van der Waals surface area contributed by atoms with E-state index in [1.54, 1.807) is 12.1 Å². The summed E-state index contributed by atoms with van der Waals surface area (Å²) in [5, 5.41) is 39.5. The van der Waals surface area contributed by atoms with Crippen molar-refractivity contribution < 1.29 is 24.8 Å². The average molecular weight is 412 g/mol. The number of fused-ring (bicyclic) bond motifs is 1. The first kappa shape index (κ1) is 21.6. The largest absolute Gasteiger partial charge is 0.504 e. The van der Waals surface area contributed by atoms with Crippen LogP contribution in [0.1, 0.15) is 57.4 Å². The maximum atomic E-state index is 12.6. The van der Waals surface area contributed by atoms with Gasteiger partial charge in [-0.2, -0.15) is 0 Å². The lowest BCUT2D eigenvalue weighted by molar-refractivity contribution is 0.368. The van der Waals surface area contributed by atoms with Crippen molar-refractivity contribution in [3.8, 4) is 34.3 Å². The molecule has 1 aromatic heterocycles. The number of aromatic hydroxyl groups is 4. The molecule has 0 aliphatic carbocycles. The maximum absolute atomic E-state index is 12.6. The fourth-order valence-electron chi connectivity index (χ4n) is 3.60. The second kappa shape index (κ2) is 9.57. The highest BCUT2D eigenvalue weighted by molar-refractivity contribution is 5.83. The Morgan fingerprint density at radius 1 is 0.800 bits per heavy atom. The van der Waals surface area contributed by atoms with Gasteiger partial charge < -0.3 is 24.8 Å². The summed E-state index contributed by atoms with van der Waals surface area (Å²) in [5.41, 5.74) is 0.838. The summed E-state index contributed by atoms with van der Waals surface area (Å²) in [6.45, 7) is 2.20. The highest BCUT2D eigenvalue weighted by Gasteiger charge is 2.18. The molecule has 0 unspecified atom stereocenters. The lowest BCUT2D eigenvalue weighted by atomic mass is 10.0. The van der Waals surface area contributed by atoms with E-state index < -0.39 is 28.4 Å². The fraction of sp³-hybridized carbons (Fsp3) is 0.375. The molecule has 30 heavy (non-hydrogen) atoms. The molecule has 1 heterocycles. The van der Waals surface area contributed by atoms with Crippen LogP contribution >= 0.6 is 0 Å². The van der Waals surface area contributed by atoms with Crippen LogP contribution in [-0.4, -0.2) is 20.4 Å². The van der Waals surface area contributed by atoms with E-state index in [-0.39, 0.29) is 16.7 Å². The molecule has 3 rings (SSSR count). The molecule has 4 N–H and O–H groups in total. The van der Waals surface area contributed by atoms with Crippen LogP contribution in [-0.2, 0) is 6.42 Å². The molecule has 0 saturated carbocycles. The van der Waals surface area contributed by atoms with Crippen LogP contribution in [0.15, 0.2) is 39.5 Å². The maximum Gasteiger partial charge on any atom is 0.235 e. The minimum Gasteiger partial charge on any atom is -0.504 e. The van der Waals surface area contributed by atoms with Crippen LogP contribution < -0.4 is 5.43 Å². The Morgan fingerprint density at radius 3 is 2.10 bits per heavy atom. The number of rotatable bonds is 9. The Balaban J connectivity index is 1.83. The van der Waals surface area contributed by atoms with Crippen molar-refractivity contribution in [3.63, 3.8) is 0 Å². The van der Waals surface area contributed by atoms with Crippen molar-refractivity contribution in [1.29, 1.82) is 0 Å². The van der Waals surface area contributed by atoms with Gasteiger partial charge in [0.2, 0.25) is 11.2 Å². The quantitative estimate of drug-likeness (QED) is 0.270. The van der Waals surface area contributed by atoms with Gasteiger partial charge in [-0.25, -0.2) is 0 Å². The van der Waals surface area contributed by atoms with Gasteiger partial charge in [0.05, 0.1) is 5.39 Å². The number of aryl methyl sites for hydroxylation is 1. The van der Waals surface area contributed by atoms with E-state index in [0.29, 0.717) is 5.58 Å². The second-order valence-corrected chi connectivity index (χ2v) is 7.67. The first-order valence-corrected chi connectivity index (χ1v) is 10.5. The van der Waals surface area contributed by atoms with Crippen LogP contribution in [0.25, 0.3) is 22.3 Å².